The number of anilines is 2. The molecule has 2 aromatic heterocycles. The maximum atomic E-state index is 12.9. The van der Waals surface area contributed by atoms with Gasteiger partial charge in [-0.05, 0) is 61.3 Å². The predicted octanol–water partition coefficient (Wildman–Crippen LogP) is 4.56. The number of hydrogen-bond acceptors (Lipinski definition) is 6. The maximum Gasteiger partial charge on any atom is 0.261 e. The lowest BCUT2D eigenvalue weighted by atomic mass is 10.1. The summed E-state index contributed by atoms with van der Waals surface area (Å²) >= 11 is 6.07. The Bertz CT molecular complexity index is 1440. The van der Waals surface area contributed by atoms with Gasteiger partial charge in [-0.2, -0.15) is 0 Å². The van der Waals surface area contributed by atoms with Gasteiger partial charge in [0.25, 0.3) is 5.56 Å². The molecule has 1 atom stereocenters. The summed E-state index contributed by atoms with van der Waals surface area (Å²) < 4.78 is 0. The molecule has 1 aliphatic heterocycles. The van der Waals surface area contributed by atoms with Crippen molar-refractivity contribution in [3.05, 3.63) is 75.2 Å². The number of fused-ring (bicyclic) bond motifs is 1. The SMILES string of the molecule is CCCN1CCN(c2cc(C)c3nc(-c4c(NC[C@H](O)c5cccc(Cl)c5)cc[nH]c4=O)[nH]c3c2)CC1. The zero-order valence-electron chi connectivity index (χ0n) is 21.2. The van der Waals surface area contributed by atoms with Crippen LogP contribution < -0.4 is 15.8 Å². The quantitative estimate of drug-likeness (QED) is 0.272. The number of aromatic amines is 2. The minimum Gasteiger partial charge on any atom is -0.387 e. The van der Waals surface area contributed by atoms with Crippen LogP contribution in [0.4, 0.5) is 11.4 Å². The van der Waals surface area contributed by atoms with E-state index in [0.29, 0.717) is 27.7 Å². The fraction of sp³-hybridized carbons (Fsp3) is 0.357. The van der Waals surface area contributed by atoms with Crippen molar-refractivity contribution < 1.29 is 5.11 Å². The van der Waals surface area contributed by atoms with Crippen molar-refractivity contribution in [3.8, 4) is 11.4 Å². The molecule has 0 unspecified atom stereocenters. The maximum absolute atomic E-state index is 12.9. The first-order valence-electron chi connectivity index (χ1n) is 12.8. The molecule has 5 rings (SSSR count). The number of nitrogens with zero attached hydrogens (tertiary/aromatic N) is 3. The molecule has 1 fully saturated rings. The summed E-state index contributed by atoms with van der Waals surface area (Å²) in [6.07, 6.45) is 1.98. The Labute approximate surface area is 221 Å². The number of aryl methyl sites for hydroxylation is 1. The van der Waals surface area contributed by atoms with E-state index in [1.54, 1.807) is 30.5 Å². The van der Waals surface area contributed by atoms with Crippen LogP contribution in [-0.2, 0) is 0 Å². The molecule has 1 aliphatic rings. The molecule has 194 valence electrons. The van der Waals surface area contributed by atoms with Gasteiger partial charge in [0.05, 0.1) is 22.8 Å². The molecule has 9 heteroatoms. The highest BCUT2D eigenvalue weighted by Crippen LogP contribution is 2.30. The lowest BCUT2D eigenvalue weighted by molar-refractivity contribution is 0.191. The number of H-pyrrole nitrogens is 2. The Morgan fingerprint density at radius 1 is 1.16 bits per heavy atom. The highest BCUT2D eigenvalue weighted by Gasteiger charge is 2.20. The number of halogens is 1. The van der Waals surface area contributed by atoms with Gasteiger partial charge in [0.1, 0.15) is 11.4 Å². The molecule has 1 saturated heterocycles. The number of imidazole rings is 1. The van der Waals surface area contributed by atoms with Crippen molar-refractivity contribution >= 4 is 34.0 Å². The number of rotatable bonds is 8. The fourth-order valence-electron chi connectivity index (χ4n) is 5.02. The van der Waals surface area contributed by atoms with Crippen LogP contribution in [0.25, 0.3) is 22.4 Å². The molecule has 0 radical (unpaired) electrons. The van der Waals surface area contributed by atoms with Gasteiger partial charge in [-0.1, -0.05) is 30.7 Å². The Balaban J connectivity index is 1.40. The zero-order valence-corrected chi connectivity index (χ0v) is 22.0. The topological polar surface area (TPSA) is 100 Å². The molecule has 0 bridgehead atoms. The normalized spacial score (nSPS) is 15.3. The molecule has 4 aromatic rings. The Kier molecular flexibility index (Phi) is 7.50. The van der Waals surface area contributed by atoms with Crippen LogP contribution in [0.1, 0.15) is 30.6 Å². The fourth-order valence-corrected chi connectivity index (χ4v) is 5.22. The first-order valence-corrected chi connectivity index (χ1v) is 13.2. The smallest absolute Gasteiger partial charge is 0.261 e. The van der Waals surface area contributed by atoms with Crippen molar-refractivity contribution in [1.29, 1.82) is 0 Å². The first-order chi connectivity index (χ1) is 17.9. The summed E-state index contributed by atoms with van der Waals surface area (Å²) in [5.74, 6) is 0.490. The third-order valence-corrected chi connectivity index (χ3v) is 7.19. The number of benzene rings is 2. The Morgan fingerprint density at radius 3 is 2.73 bits per heavy atom. The molecular formula is C28H33ClN6O2. The number of pyridine rings is 1. The van der Waals surface area contributed by atoms with Crippen LogP contribution in [0.15, 0.2) is 53.5 Å². The van der Waals surface area contributed by atoms with Crippen molar-refractivity contribution in [3.63, 3.8) is 0 Å². The average Bonchev–Trinajstić information content (AvgIpc) is 3.32. The summed E-state index contributed by atoms with van der Waals surface area (Å²) in [4.78, 5) is 28.8. The van der Waals surface area contributed by atoms with Crippen LogP contribution >= 0.6 is 11.6 Å². The first kappa shape index (κ1) is 25.3. The van der Waals surface area contributed by atoms with Crippen molar-refractivity contribution in [1.82, 2.24) is 19.9 Å². The number of aromatic nitrogens is 3. The van der Waals surface area contributed by atoms with E-state index in [2.05, 4.69) is 51.1 Å². The molecule has 0 saturated carbocycles. The third-order valence-electron chi connectivity index (χ3n) is 6.96. The molecule has 4 N–H and O–H groups in total. The van der Waals surface area contributed by atoms with Crippen LogP contribution in [0.3, 0.4) is 0 Å². The van der Waals surface area contributed by atoms with Crippen LogP contribution in [0.2, 0.25) is 5.02 Å². The number of hydrogen-bond donors (Lipinski definition) is 4. The van der Waals surface area contributed by atoms with Gasteiger partial charge >= 0.3 is 0 Å². The van der Waals surface area contributed by atoms with Gasteiger partial charge in [0.2, 0.25) is 0 Å². The number of aliphatic hydroxyl groups is 1. The van der Waals surface area contributed by atoms with Gasteiger partial charge in [-0.25, -0.2) is 4.98 Å². The van der Waals surface area contributed by atoms with E-state index in [0.717, 1.165) is 49.3 Å². The minimum absolute atomic E-state index is 0.213. The highest BCUT2D eigenvalue weighted by molar-refractivity contribution is 6.30. The molecule has 0 amide bonds. The Morgan fingerprint density at radius 2 is 1.97 bits per heavy atom. The standard InChI is InChI=1S/C28H33ClN6O2/c1-3-9-34-10-12-35(13-11-34)21-14-18(2)26-23(16-21)32-27(33-26)25-22(7-8-30-28(25)37)31-17-24(36)19-5-4-6-20(29)15-19/h4-8,14-16,24,36H,3,9-13,17H2,1-2H3,(H,32,33)(H2,30,31,37)/t24-/m0/s1. The number of aliphatic hydroxyl groups excluding tert-OH is 1. The number of nitrogens with one attached hydrogen (secondary N) is 3. The second-order valence-corrected chi connectivity index (χ2v) is 10.1. The minimum atomic E-state index is -0.788. The molecule has 0 aliphatic carbocycles. The van der Waals surface area contributed by atoms with Gasteiger partial charge in [-0.15, -0.1) is 0 Å². The molecule has 3 heterocycles. The summed E-state index contributed by atoms with van der Waals surface area (Å²) in [6, 6.07) is 13.2. The van der Waals surface area contributed by atoms with Gasteiger partial charge in [-0.3, -0.25) is 9.69 Å². The van der Waals surface area contributed by atoms with E-state index in [1.807, 2.05) is 6.07 Å². The molecule has 37 heavy (non-hydrogen) atoms. The van der Waals surface area contributed by atoms with E-state index in [1.165, 1.54) is 12.1 Å². The second-order valence-electron chi connectivity index (χ2n) is 9.62. The molecule has 0 spiro atoms. The van der Waals surface area contributed by atoms with E-state index >= 15 is 0 Å². The van der Waals surface area contributed by atoms with E-state index in [9.17, 15) is 9.90 Å². The third kappa shape index (κ3) is 5.51. The van der Waals surface area contributed by atoms with Gasteiger partial charge in [0.15, 0.2) is 0 Å². The van der Waals surface area contributed by atoms with Crippen molar-refractivity contribution in [2.75, 3.05) is 49.5 Å². The predicted molar refractivity (Wildman–Crippen MR) is 151 cm³/mol. The lowest BCUT2D eigenvalue weighted by Gasteiger charge is -2.36. The van der Waals surface area contributed by atoms with E-state index in [-0.39, 0.29) is 12.1 Å². The Hall–Kier alpha value is -3.33. The van der Waals surface area contributed by atoms with Crippen molar-refractivity contribution in [2.45, 2.75) is 26.4 Å². The lowest BCUT2D eigenvalue weighted by Crippen LogP contribution is -2.46. The molecular weight excluding hydrogens is 488 g/mol. The summed E-state index contributed by atoms with van der Waals surface area (Å²) in [7, 11) is 0. The number of piperazine rings is 1. The average molecular weight is 521 g/mol. The molecule has 2 aromatic carbocycles. The highest BCUT2D eigenvalue weighted by atomic mass is 35.5. The summed E-state index contributed by atoms with van der Waals surface area (Å²) in [5.41, 5.74) is 5.41. The van der Waals surface area contributed by atoms with Crippen LogP contribution in [-0.4, -0.2) is 64.2 Å². The molecule has 8 nitrogen and oxygen atoms in total. The largest absolute Gasteiger partial charge is 0.387 e. The van der Waals surface area contributed by atoms with Gasteiger partial charge < -0.3 is 25.3 Å². The van der Waals surface area contributed by atoms with Gasteiger partial charge in [0, 0.05) is 49.6 Å². The van der Waals surface area contributed by atoms with E-state index < -0.39 is 6.10 Å². The van der Waals surface area contributed by atoms with Crippen molar-refractivity contribution in [2.24, 2.45) is 0 Å². The van der Waals surface area contributed by atoms with Crippen LogP contribution in [0.5, 0.6) is 0 Å². The zero-order chi connectivity index (χ0) is 25.9. The van der Waals surface area contributed by atoms with E-state index in [4.69, 9.17) is 16.6 Å². The van der Waals surface area contributed by atoms with Crippen LogP contribution in [0, 0.1) is 6.92 Å². The monoisotopic (exact) mass is 520 g/mol. The second kappa shape index (κ2) is 11.0. The summed E-state index contributed by atoms with van der Waals surface area (Å²) in [5, 5.41) is 14.4. The summed E-state index contributed by atoms with van der Waals surface area (Å²) in [6.45, 7) is 9.75.